The number of fused-ring (bicyclic) bond motifs is 5. The first-order chi connectivity index (χ1) is 25.8. The molecule has 5 nitrogen and oxygen atoms in total. The molecule has 10 rings (SSSR count). The Kier molecular flexibility index (Phi) is 7.42. The molecule has 0 N–H and O–H groups in total. The molecule has 0 saturated carbocycles. The predicted molar refractivity (Wildman–Crippen MR) is 211 cm³/mol. The second-order valence-electron chi connectivity index (χ2n) is 14.6. The average Bonchev–Trinajstić information content (AvgIpc) is 3.48. The van der Waals surface area contributed by atoms with E-state index >= 15 is 4.57 Å². The van der Waals surface area contributed by atoms with Gasteiger partial charge in [-0.2, -0.15) is 0 Å². The molecule has 0 bridgehead atoms. The minimum absolute atomic E-state index is 0.794. The molecule has 2 heterocycles. The summed E-state index contributed by atoms with van der Waals surface area (Å²) in [6.07, 6.45) is -1.67. The molecule has 0 unspecified atom stereocenters. The highest BCUT2D eigenvalue weighted by Crippen LogP contribution is 2.62. The van der Waals surface area contributed by atoms with Gasteiger partial charge < -0.3 is 9.47 Å². The monoisotopic (exact) mass is 711 g/mol. The van der Waals surface area contributed by atoms with Crippen LogP contribution in [0.5, 0.6) is 0 Å². The van der Waals surface area contributed by atoms with Crippen LogP contribution in [0, 0.1) is 0 Å². The molecular formula is C47H36O5P+. The number of ether oxygens (including phenoxy) is 2. The van der Waals surface area contributed by atoms with Crippen molar-refractivity contribution >= 4 is 51.3 Å². The summed E-state index contributed by atoms with van der Waals surface area (Å²) in [5.41, 5.74) is 0.334. The van der Waals surface area contributed by atoms with E-state index in [0.717, 1.165) is 65.3 Å². The molecule has 258 valence electrons. The molecule has 0 radical (unpaired) electrons. The Hall–Kier alpha value is -5.26. The van der Waals surface area contributed by atoms with Crippen LogP contribution in [0.1, 0.15) is 36.1 Å². The minimum Gasteiger partial charge on any atom is -0.340 e. The van der Waals surface area contributed by atoms with Crippen LogP contribution in [0.25, 0.3) is 43.1 Å². The van der Waals surface area contributed by atoms with Crippen LogP contribution < -0.4 is 0 Å². The fourth-order valence-electron chi connectivity index (χ4n) is 8.60. The lowest BCUT2D eigenvalue weighted by Crippen LogP contribution is -2.53. The number of benzene rings is 8. The Bertz CT molecular complexity index is 2390. The zero-order valence-electron chi connectivity index (χ0n) is 29.3. The lowest BCUT2D eigenvalue weighted by atomic mass is 9.71. The Balaban J connectivity index is 1.30. The first-order valence-electron chi connectivity index (χ1n) is 18.0. The van der Waals surface area contributed by atoms with Gasteiger partial charge in [0.2, 0.25) is 11.2 Å². The first kappa shape index (κ1) is 32.4. The molecule has 2 aliphatic heterocycles. The van der Waals surface area contributed by atoms with Gasteiger partial charge in [0.15, 0.2) is 5.79 Å². The SMILES string of the molecule is CC1(C)O[C@@H]2[C@@H](O1)C(c1ccc3ccccc3c1)(c1ccc3ccccc3c1)O[P+](=O)OC2(c1ccc2ccccc2c1)c1ccc2ccccc2c1. The smallest absolute Gasteiger partial charge is 0.340 e. The van der Waals surface area contributed by atoms with Gasteiger partial charge >= 0.3 is 8.25 Å². The van der Waals surface area contributed by atoms with Crippen LogP contribution in [-0.4, -0.2) is 18.0 Å². The van der Waals surface area contributed by atoms with Gasteiger partial charge in [-0.25, -0.2) is 0 Å². The van der Waals surface area contributed by atoms with Gasteiger partial charge in [-0.1, -0.05) is 155 Å². The summed E-state index contributed by atoms with van der Waals surface area (Å²) < 4.78 is 43.4. The van der Waals surface area contributed by atoms with Crippen molar-refractivity contribution in [2.24, 2.45) is 0 Å². The number of rotatable bonds is 4. The maximum Gasteiger partial charge on any atom is 0.700 e. The van der Waals surface area contributed by atoms with E-state index in [-0.39, 0.29) is 0 Å². The summed E-state index contributed by atoms with van der Waals surface area (Å²) in [5.74, 6) is -1.07. The van der Waals surface area contributed by atoms with Gasteiger partial charge in [0.1, 0.15) is 12.2 Å². The quantitative estimate of drug-likeness (QED) is 0.170. The third-order valence-electron chi connectivity index (χ3n) is 11.0. The summed E-state index contributed by atoms with van der Waals surface area (Å²) in [6.45, 7) is 3.86. The van der Waals surface area contributed by atoms with E-state index in [4.69, 9.17) is 18.5 Å². The van der Waals surface area contributed by atoms with Crippen molar-refractivity contribution in [3.8, 4) is 0 Å². The van der Waals surface area contributed by atoms with E-state index in [1.54, 1.807) is 0 Å². The first-order valence-corrected chi connectivity index (χ1v) is 19.1. The average molecular weight is 712 g/mol. The highest BCUT2D eigenvalue weighted by atomic mass is 31.1. The zero-order valence-corrected chi connectivity index (χ0v) is 30.2. The van der Waals surface area contributed by atoms with Crippen LogP contribution in [-0.2, 0) is 34.3 Å². The lowest BCUT2D eigenvalue weighted by molar-refractivity contribution is -0.174. The van der Waals surface area contributed by atoms with E-state index in [1.165, 1.54) is 0 Å². The van der Waals surface area contributed by atoms with Crippen molar-refractivity contribution in [1.29, 1.82) is 0 Å². The molecule has 6 heteroatoms. The van der Waals surface area contributed by atoms with E-state index in [1.807, 2.05) is 62.4 Å². The largest absolute Gasteiger partial charge is 0.700 e. The standard InChI is InChI=1S/C47H36O5P/c1-45(2)49-43-44(50-45)47(41-25-21-33-13-5-9-17-37(33)29-41,42-26-22-34-14-6-10-18-38(34)30-42)52-53(48)51-46(43,39-23-19-31-11-3-7-15-35(31)27-39)40-24-20-32-12-4-8-16-36(32)28-40/h3-30,43-44H,1-2H3/q+1/t43-,44-/m1/s1. The molecule has 2 fully saturated rings. The van der Waals surface area contributed by atoms with Crippen molar-refractivity contribution in [3.63, 3.8) is 0 Å². The molecule has 2 aliphatic rings. The summed E-state index contributed by atoms with van der Waals surface area (Å²) in [5, 5.41) is 8.45. The van der Waals surface area contributed by atoms with Crippen LogP contribution in [0.2, 0.25) is 0 Å². The number of hydrogen-bond acceptors (Lipinski definition) is 5. The van der Waals surface area contributed by atoms with Gasteiger partial charge in [-0.3, -0.25) is 0 Å². The molecule has 2 atom stereocenters. The van der Waals surface area contributed by atoms with E-state index in [9.17, 15) is 0 Å². The molecule has 8 aromatic rings. The molecule has 53 heavy (non-hydrogen) atoms. The third kappa shape index (κ3) is 5.15. The van der Waals surface area contributed by atoms with Crippen LogP contribution >= 0.6 is 8.25 Å². The predicted octanol–water partition coefficient (Wildman–Crippen LogP) is 11.7. The van der Waals surface area contributed by atoms with Crippen molar-refractivity contribution < 1.29 is 23.1 Å². The summed E-state index contributed by atoms with van der Waals surface area (Å²) in [6, 6.07) is 58.0. The Morgan fingerprint density at radius 3 is 0.943 bits per heavy atom. The number of hydrogen-bond donors (Lipinski definition) is 0. The summed E-state index contributed by atoms with van der Waals surface area (Å²) >= 11 is 0. The second kappa shape index (κ2) is 12.1. The topological polar surface area (TPSA) is 54.0 Å². The molecule has 0 aromatic heterocycles. The minimum atomic E-state index is -2.83. The van der Waals surface area contributed by atoms with E-state index in [0.29, 0.717) is 0 Å². The summed E-state index contributed by atoms with van der Waals surface area (Å²) in [4.78, 5) is 0. The maximum atomic E-state index is 15.0. The van der Waals surface area contributed by atoms with Crippen molar-refractivity contribution in [2.75, 3.05) is 0 Å². The van der Waals surface area contributed by atoms with Gasteiger partial charge in [0, 0.05) is 4.57 Å². The van der Waals surface area contributed by atoms with Crippen LogP contribution in [0.4, 0.5) is 0 Å². The van der Waals surface area contributed by atoms with Gasteiger partial charge in [-0.15, -0.1) is 0 Å². The maximum absolute atomic E-state index is 15.0. The molecule has 2 saturated heterocycles. The van der Waals surface area contributed by atoms with E-state index < -0.39 is 37.5 Å². The van der Waals surface area contributed by atoms with Crippen molar-refractivity contribution in [2.45, 2.75) is 43.0 Å². The fraction of sp³-hybridized carbons (Fsp3) is 0.149. The van der Waals surface area contributed by atoms with Crippen LogP contribution in [0.3, 0.4) is 0 Å². The normalized spacial score (nSPS) is 20.5. The lowest BCUT2D eigenvalue weighted by Gasteiger charge is -2.39. The summed E-state index contributed by atoms with van der Waals surface area (Å²) in [7, 11) is -2.83. The molecule has 0 spiro atoms. The Labute approximate surface area is 308 Å². The Morgan fingerprint density at radius 1 is 0.396 bits per heavy atom. The highest BCUT2D eigenvalue weighted by Gasteiger charge is 2.71. The van der Waals surface area contributed by atoms with Crippen molar-refractivity contribution in [1.82, 2.24) is 0 Å². The van der Waals surface area contributed by atoms with Gasteiger partial charge in [-0.05, 0) is 103 Å². The van der Waals surface area contributed by atoms with Gasteiger partial charge in [0.05, 0.1) is 0 Å². The molecule has 8 aromatic carbocycles. The molecular weight excluding hydrogens is 675 g/mol. The Morgan fingerprint density at radius 2 is 0.660 bits per heavy atom. The van der Waals surface area contributed by atoms with Crippen molar-refractivity contribution in [3.05, 3.63) is 192 Å². The molecule has 0 aliphatic carbocycles. The van der Waals surface area contributed by atoms with E-state index in [2.05, 4.69) is 121 Å². The van der Waals surface area contributed by atoms with Gasteiger partial charge in [0.25, 0.3) is 0 Å². The zero-order chi connectivity index (χ0) is 35.8. The fourth-order valence-corrected chi connectivity index (χ4v) is 9.73. The molecule has 0 amide bonds. The van der Waals surface area contributed by atoms with Crippen LogP contribution in [0.15, 0.2) is 170 Å². The second-order valence-corrected chi connectivity index (χ2v) is 15.4. The third-order valence-corrected chi connectivity index (χ3v) is 11.9. The highest BCUT2D eigenvalue weighted by molar-refractivity contribution is 7.33.